The molecule has 0 radical (unpaired) electrons. The molecule has 0 saturated heterocycles. The van der Waals surface area contributed by atoms with Crippen molar-refractivity contribution < 1.29 is 14.4 Å². The van der Waals surface area contributed by atoms with E-state index in [2.05, 4.69) is 5.32 Å². The Morgan fingerprint density at radius 3 is 2.60 bits per heavy atom. The maximum atomic E-state index is 10.9. The first kappa shape index (κ1) is 12.3. The van der Waals surface area contributed by atoms with Crippen molar-refractivity contribution in [2.24, 2.45) is 0 Å². The van der Waals surface area contributed by atoms with Crippen LogP contribution in [0.5, 0.6) is 0 Å². The van der Waals surface area contributed by atoms with Crippen molar-refractivity contribution >= 4 is 30.6 Å². The van der Waals surface area contributed by atoms with Crippen LogP contribution in [0.3, 0.4) is 0 Å². The lowest BCUT2D eigenvalue weighted by Gasteiger charge is -2.17. The van der Waals surface area contributed by atoms with Gasteiger partial charge in [0.1, 0.15) is 5.78 Å². The van der Waals surface area contributed by atoms with Crippen LogP contribution in [0.4, 0.5) is 11.4 Å². The molecule has 5 nitrogen and oxygen atoms in total. The van der Waals surface area contributed by atoms with Gasteiger partial charge in [0.25, 0.3) is 0 Å². The molecule has 0 bridgehead atoms. The van der Waals surface area contributed by atoms with E-state index in [9.17, 15) is 4.57 Å². The Morgan fingerprint density at radius 2 is 2.13 bits per heavy atom. The second-order valence-electron chi connectivity index (χ2n) is 3.14. The van der Waals surface area contributed by atoms with Gasteiger partial charge in [0, 0.05) is 5.02 Å². The zero-order valence-electron chi connectivity index (χ0n) is 8.01. The molecule has 0 aliphatic heterocycles. The van der Waals surface area contributed by atoms with E-state index in [-0.39, 0.29) is 0 Å². The normalized spacial score (nSPS) is 13.6. The maximum absolute atomic E-state index is 10.9. The van der Waals surface area contributed by atoms with Gasteiger partial charge < -0.3 is 20.8 Å². The van der Waals surface area contributed by atoms with Crippen LogP contribution >= 0.6 is 19.2 Å². The summed E-state index contributed by atoms with van der Waals surface area (Å²) in [5.41, 5.74) is 6.42. The van der Waals surface area contributed by atoms with Crippen LogP contribution in [0.15, 0.2) is 18.2 Å². The highest BCUT2D eigenvalue weighted by atomic mass is 35.5. The Bertz CT molecular complexity index is 407. The van der Waals surface area contributed by atoms with Crippen molar-refractivity contribution in [3.05, 3.63) is 23.2 Å². The summed E-state index contributed by atoms with van der Waals surface area (Å²) in [7, 11) is -4.15. The molecule has 1 rings (SSSR count). The lowest BCUT2D eigenvalue weighted by Crippen LogP contribution is -2.16. The average molecular weight is 251 g/mol. The number of rotatable bonds is 3. The van der Waals surface area contributed by atoms with E-state index in [4.69, 9.17) is 27.1 Å². The van der Waals surface area contributed by atoms with Crippen molar-refractivity contribution in [1.82, 2.24) is 0 Å². The van der Waals surface area contributed by atoms with Crippen molar-refractivity contribution in [3.8, 4) is 0 Å². The summed E-state index contributed by atoms with van der Waals surface area (Å²) < 4.78 is 10.9. The highest BCUT2D eigenvalue weighted by Crippen LogP contribution is 2.41. The molecule has 0 saturated carbocycles. The first-order valence-corrected chi connectivity index (χ1v) is 6.23. The fourth-order valence-electron chi connectivity index (χ4n) is 0.974. The van der Waals surface area contributed by atoms with E-state index in [1.54, 1.807) is 12.1 Å². The molecule has 1 aromatic carbocycles. The Labute approximate surface area is 92.4 Å². The third-order valence-electron chi connectivity index (χ3n) is 1.88. The van der Waals surface area contributed by atoms with Crippen molar-refractivity contribution in [1.29, 1.82) is 0 Å². The molecule has 1 unspecified atom stereocenters. The lowest BCUT2D eigenvalue weighted by atomic mass is 10.2. The van der Waals surface area contributed by atoms with Crippen LogP contribution in [0.1, 0.15) is 6.92 Å². The van der Waals surface area contributed by atoms with Gasteiger partial charge >= 0.3 is 7.60 Å². The average Bonchev–Trinajstić information content (AvgIpc) is 2.08. The molecule has 1 aromatic rings. The second-order valence-corrected chi connectivity index (χ2v) is 5.53. The van der Waals surface area contributed by atoms with Crippen LogP contribution in [-0.2, 0) is 4.57 Å². The first-order chi connectivity index (χ1) is 6.80. The summed E-state index contributed by atoms with van der Waals surface area (Å²) in [6.45, 7) is 1.38. The van der Waals surface area contributed by atoms with E-state index in [1.807, 2.05) is 0 Å². The molecule has 0 heterocycles. The first-order valence-electron chi connectivity index (χ1n) is 4.17. The molecule has 0 aromatic heterocycles. The van der Waals surface area contributed by atoms with Crippen LogP contribution in [0.25, 0.3) is 0 Å². The zero-order valence-corrected chi connectivity index (χ0v) is 9.66. The number of hydrogen-bond donors (Lipinski definition) is 4. The van der Waals surface area contributed by atoms with Gasteiger partial charge in [-0.2, -0.15) is 0 Å². The standard InChI is InChI=1S/C8H12ClN2O3P/c1-5(15(12,13)14)11-8-3-2-6(9)4-7(8)10/h2-5,11H,10H2,1H3,(H2,12,13,14). The number of hydrogen-bond acceptors (Lipinski definition) is 3. The van der Waals surface area contributed by atoms with Gasteiger partial charge in [-0.3, -0.25) is 4.57 Å². The fourth-order valence-corrected chi connectivity index (χ4v) is 1.46. The summed E-state index contributed by atoms with van der Waals surface area (Å²) >= 11 is 5.68. The third-order valence-corrected chi connectivity index (χ3v) is 3.26. The van der Waals surface area contributed by atoms with E-state index < -0.39 is 13.4 Å². The number of benzene rings is 1. The Hall–Kier alpha value is -0.740. The molecule has 0 aliphatic rings. The molecule has 5 N–H and O–H groups in total. The largest absolute Gasteiger partial charge is 0.397 e. The van der Waals surface area contributed by atoms with Gasteiger partial charge in [-0.15, -0.1) is 0 Å². The lowest BCUT2D eigenvalue weighted by molar-refractivity contribution is 0.364. The highest BCUT2D eigenvalue weighted by Gasteiger charge is 2.23. The molecule has 0 amide bonds. The van der Waals surface area contributed by atoms with Gasteiger partial charge in [-0.1, -0.05) is 11.6 Å². The molecular formula is C8H12ClN2O3P. The number of anilines is 2. The van der Waals surface area contributed by atoms with Crippen LogP contribution in [-0.4, -0.2) is 15.6 Å². The Kier molecular flexibility index (Phi) is 3.62. The molecular weight excluding hydrogens is 239 g/mol. The minimum absolute atomic E-state index is 0.350. The SMILES string of the molecule is CC(Nc1ccc(Cl)cc1N)P(=O)(O)O. The van der Waals surface area contributed by atoms with Gasteiger partial charge in [-0.05, 0) is 25.1 Å². The number of nitrogens with two attached hydrogens (primary N) is 1. The predicted molar refractivity (Wildman–Crippen MR) is 61.0 cm³/mol. The fraction of sp³-hybridized carbons (Fsp3) is 0.250. The predicted octanol–water partition coefficient (Wildman–Crippen LogP) is 1.86. The molecule has 0 spiro atoms. The Morgan fingerprint density at radius 1 is 1.53 bits per heavy atom. The summed E-state index contributed by atoms with van der Waals surface area (Å²) in [4.78, 5) is 17.7. The minimum Gasteiger partial charge on any atom is -0.397 e. The monoisotopic (exact) mass is 250 g/mol. The second kappa shape index (κ2) is 4.41. The van der Waals surface area contributed by atoms with Gasteiger partial charge in [0.2, 0.25) is 0 Å². The van der Waals surface area contributed by atoms with E-state index in [0.717, 1.165) is 0 Å². The smallest absolute Gasteiger partial charge is 0.347 e. The topological polar surface area (TPSA) is 95.6 Å². The van der Waals surface area contributed by atoms with Crippen LogP contribution < -0.4 is 11.1 Å². The third kappa shape index (κ3) is 3.39. The molecule has 84 valence electrons. The number of halogens is 1. The van der Waals surface area contributed by atoms with Gasteiger partial charge in [0.05, 0.1) is 11.4 Å². The summed E-state index contributed by atoms with van der Waals surface area (Å²) in [5, 5.41) is 3.10. The van der Waals surface area contributed by atoms with Crippen LogP contribution in [0.2, 0.25) is 5.02 Å². The molecule has 0 aliphatic carbocycles. The van der Waals surface area contributed by atoms with Gasteiger partial charge in [-0.25, -0.2) is 0 Å². The minimum atomic E-state index is -4.15. The molecule has 7 heteroatoms. The summed E-state index contributed by atoms with van der Waals surface area (Å²) in [6.07, 6.45) is 0. The molecule has 15 heavy (non-hydrogen) atoms. The van der Waals surface area contributed by atoms with Crippen LogP contribution in [0, 0.1) is 0 Å². The van der Waals surface area contributed by atoms with E-state index in [1.165, 1.54) is 13.0 Å². The van der Waals surface area contributed by atoms with E-state index in [0.29, 0.717) is 16.4 Å². The number of nitrogen functional groups attached to an aromatic ring is 1. The zero-order chi connectivity index (χ0) is 11.6. The Balaban J connectivity index is 2.86. The van der Waals surface area contributed by atoms with Crippen molar-refractivity contribution in [3.63, 3.8) is 0 Å². The molecule has 1 atom stereocenters. The summed E-state index contributed by atoms with van der Waals surface area (Å²) in [6, 6.07) is 4.67. The maximum Gasteiger partial charge on any atom is 0.347 e. The van der Waals surface area contributed by atoms with Crippen molar-refractivity contribution in [2.75, 3.05) is 11.1 Å². The van der Waals surface area contributed by atoms with E-state index >= 15 is 0 Å². The number of nitrogens with one attached hydrogen (secondary N) is 1. The highest BCUT2D eigenvalue weighted by molar-refractivity contribution is 7.52. The quantitative estimate of drug-likeness (QED) is 0.485. The van der Waals surface area contributed by atoms with Gasteiger partial charge in [0.15, 0.2) is 0 Å². The summed E-state index contributed by atoms with van der Waals surface area (Å²) in [5.74, 6) is -0.985. The molecule has 0 fully saturated rings. The van der Waals surface area contributed by atoms with Crippen molar-refractivity contribution in [2.45, 2.75) is 12.7 Å².